The zero-order chi connectivity index (χ0) is 21.2. The summed E-state index contributed by atoms with van der Waals surface area (Å²) in [4.78, 5) is 14.3. The fourth-order valence-electron chi connectivity index (χ4n) is 3.12. The minimum absolute atomic E-state index is 0.0285. The maximum atomic E-state index is 13.1. The molecule has 0 aliphatic carbocycles. The first-order valence-corrected chi connectivity index (χ1v) is 10.9. The standard InChI is InChI=1S/C19H20Cl2N2O5S/c1-27-16-3-4-17(28-2)18(12-16)29(25,26)23-7-5-22(6-8-23)19(24)13-9-14(20)11-15(21)10-13/h3-4,9-12H,5-8H2,1-2H3. The molecule has 0 bridgehead atoms. The number of benzene rings is 2. The predicted molar refractivity (Wildman–Crippen MR) is 111 cm³/mol. The normalized spacial score (nSPS) is 15.2. The molecule has 2 aromatic rings. The number of sulfonamides is 1. The zero-order valence-electron chi connectivity index (χ0n) is 15.9. The molecule has 0 saturated carbocycles. The fourth-order valence-corrected chi connectivity index (χ4v) is 5.24. The number of nitrogens with zero attached hydrogens (tertiary/aromatic N) is 2. The molecule has 29 heavy (non-hydrogen) atoms. The van der Waals surface area contributed by atoms with Crippen molar-refractivity contribution in [3.8, 4) is 11.5 Å². The maximum Gasteiger partial charge on any atom is 0.254 e. The lowest BCUT2D eigenvalue weighted by Crippen LogP contribution is -2.50. The topological polar surface area (TPSA) is 76.2 Å². The number of hydrogen-bond donors (Lipinski definition) is 0. The van der Waals surface area contributed by atoms with Gasteiger partial charge in [0.2, 0.25) is 10.0 Å². The lowest BCUT2D eigenvalue weighted by molar-refractivity contribution is 0.0698. The van der Waals surface area contributed by atoms with Crippen LogP contribution in [0.3, 0.4) is 0 Å². The number of carbonyl (C=O) groups is 1. The highest BCUT2D eigenvalue weighted by atomic mass is 35.5. The Morgan fingerprint density at radius 3 is 2.10 bits per heavy atom. The zero-order valence-corrected chi connectivity index (χ0v) is 18.2. The molecule has 0 atom stereocenters. The van der Waals surface area contributed by atoms with Gasteiger partial charge in [-0.3, -0.25) is 4.79 Å². The van der Waals surface area contributed by atoms with Crippen molar-refractivity contribution in [2.75, 3.05) is 40.4 Å². The van der Waals surface area contributed by atoms with E-state index in [1.54, 1.807) is 35.2 Å². The molecule has 1 amide bonds. The molecule has 1 aliphatic rings. The Balaban J connectivity index is 1.77. The third-order valence-electron chi connectivity index (χ3n) is 4.62. The Bertz CT molecular complexity index is 1000. The quantitative estimate of drug-likeness (QED) is 0.687. The Kier molecular flexibility index (Phi) is 6.58. The summed E-state index contributed by atoms with van der Waals surface area (Å²) in [6.45, 7) is 0.800. The third kappa shape index (κ3) is 4.61. The number of piperazine rings is 1. The van der Waals surface area contributed by atoms with Gasteiger partial charge >= 0.3 is 0 Å². The Morgan fingerprint density at radius 2 is 1.55 bits per heavy atom. The second kappa shape index (κ2) is 8.79. The highest BCUT2D eigenvalue weighted by Crippen LogP contribution is 2.31. The average Bonchev–Trinajstić information content (AvgIpc) is 2.72. The Morgan fingerprint density at radius 1 is 0.931 bits per heavy atom. The van der Waals surface area contributed by atoms with Crippen LogP contribution >= 0.6 is 23.2 Å². The molecule has 1 heterocycles. The fraction of sp³-hybridized carbons (Fsp3) is 0.316. The van der Waals surface area contributed by atoms with Crippen molar-refractivity contribution in [3.05, 3.63) is 52.0 Å². The van der Waals surface area contributed by atoms with Gasteiger partial charge in [0, 0.05) is 47.9 Å². The van der Waals surface area contributed by atoms with E-state index in [0.29, 0.717) is 21.4 Å². The highest BCUT2D eigenvalue weighted by molar-refractivity contribution is 7.89. The van der Waals surface area contributed by atoms with E-state index in [0.717, 1.165) is 0 Å². The van der Waals surface area contributed by atoms with Gasteiger partial charge in [0.1, 0.15) is 16.4 Å². The van der Waals surface area contributed by atoms with Gasteiger partial charge < -0.3 is 14.4 Å². The summed E-state index contributed by atoms with van der Waals surface area (Å²) in [7, 11) is -0.943. The van der Waals surface area contributed by atoms with Gasteiger partial charge in [0.05, 0.1) is 14.2 Å². The van der Waals surface area contributed by atoms with Crippen LogP contribution in [-0.2, 0) is 10.0 Å². The first kappa shape index (κ1) is 21.7. The molecule has 1 fully saturated rings. The molecule has 2 aromatic carbocycles. The molecule has 0 spiro atoms. The van der Waals surface area contributed by atoms with E-state index in [9.17, 15) is 13.2 Å². The highest BCUT2D eigenvalue weighted by Gasteiger charge is 2.32. The molecule has 0 N–H and O–H groups in total. The summed E-state index contributed by atoms with van der Waals surface area (Å²) < 4.78 is 37.9. The van der Waals surface area contributed by atoms with Crippen LogP contribution in [0, 0.1) is 0 Å². The number of hydrogen-bond acceptors (Lipinski definition) is 5. The Hall–Kier alpha value is -2.00. The molecule has 156 valence electrons. The van der Waals surface area contributed by atoms with Crippen molar-refractivity contribution in [3.63, 3.8) is 0 Å². The molecule has 10 heteroatoms. The molecule has 0 radical (unpaired) electrons. The molecule has 1 aliphatic heterocycles. The first-order valence-electron chi connectivity index (χ1n) is 8.74. The van der Waals surface area contributed by atoms with Crippen LogP contribution < -0.4 is 9.47 Å². The van der Waals surface area contributed by atoms with Gasteiger partial charge in [0.25, 0.3) is 5.91 Å². The summed E-state index contributed by atoms with van der Waals surface area (Å²) in [5.74, 6) is 0.402. The average molecular weight is 459 g/mol. The van der Waals surface area contributed by atoms with Crippen molar-refractivity contribution >= 4 is 39.1 Å². The monoisotopic (exact) mass is 458 g/mol. The van der Waals surface area contributed by atoms with Gasteiger partial charge in [0.15, 0.2) is 0 Å². The van der Waals surface area contributed by atoms with Crippen LogP contribution in [0.5, 0.6) is 11.5 Å². The molecule has 1 saturated heterocycles. The minimum atomic E-state index is -3.82. The van der Waals surface area contributed by atoms with Gasteiger partial charge in [-0.25, -0.2) is 8.42 Å². The summed E-state index contributed by atoms with van der Waals surface area (Å²) in [5.41, 5.74) is 0.369. The maximum absolute atomic E-state index is 13.1. The SMILES string of the molecule is COc1ccc(OC)c(S(=O)(=O)N2CCN(C(=O)c3cc(Cl)cc(Cl)c3)CC2)c1. The van der Waals surface area contributed by atoms with E-state index in [-0.39, 0.29) is 42.7 Å². The van der Waals surface area contributed by atoms with Gasteiger partial charge in [-0.2, -0.15) is 4.31 Å². The van der Waals surface area contributed by atoms with Gasteiger partial charge in [-0.15, -0.1) is 0 Å². The van der Waals surface area contributed by atoms with E-state index < -0.39 is 10.0 Å². The third-order valence-corrected chi connectivity index (χ3v) is 6.98. The van der Waals surface area contributed by atoms with Crippen LogP contribution in [0.15, 0.2) is 41.3 Å². The second-order valence-corrected chi connectivity index (χ2v) is 9.15. The first-order chi connectivity index (χ1) is 13.8. The molecule has 3 rings (SSSR count). The number of methoxy groups -OCH3 is 2. The second-order valence-electron chi connectivity index (χ2n) is 6.37. The molecular weight excluding hydrogens is 439 g/mol. The molecule has 7 nitrogen and oxygen atoms in total. The summed E-state index contributed by atoms with van der Waals surface area (Å²) in [5, 5.41) is 0.736. The largest absolute Gasteiger partial charge is 0.497 e. The van der Waals surface area contributed by atoms with E-state index in [1.807, 2.05) is 0 Å². The number of ether oxygens (including phenoxy) is 2. The van der Waals surface area contributed by atoms with Crippen LogP contribution in [0.2, 0.25) is 10.0 Å². The summed E-state index contributed by atoms with van der Waals surface area (Å²) in [6, 6.07) is 9.24. The molecule has 0 aromatic heterocycles. The van der Waals surface area contributed by atoms with Crippen molar-refractivity contribution in [1.29, 1.82) is 0 Å². The van der Waals surface area contributed by atoms with Crippen molar-refractivity contribution in [2.24, 2.45) is 0 Å². The lowest BCUT2D eigenvalue weighted by atomic mass is 10.2. The minimum Gasteiger partial charge on any atom is -0.497 e. The lowest BCUT2D eigenvalue weighted by Gasteiger charge is -2.34. The van der Waals surface area contributed by atoms with Crippen molar-refractivity contribution < 1.29 is 22.7 Å². The van der Waals surface area contributed by atoms with Crippen LogP contribution in [0.1, 0.15) is 10.4 Å². The summed E-state index contributed by atoms with van der Waals surface area (Å²) >= 11 is 11.9. The number of rotatable bonds is 5. The predicted octanol–water partition coefficient (Wildman–Crippen LogP) is 3.16. The van der Waals surface area contributed by atoms with Crippen LogP contribution in [0.25, 0.3) is 0 Å². The molecular formula is C19H20Cl2N2O5S. The van der Waals surface area contributed by atoms with E-state index in [4.69, 9.17) is 32.7 Å². The molecule has 0 unspecified atom stereocenters. The van der Waals surface area contributed by atoms with Crippen molar-refractivity contribution in [1.82, 2.24) is 9.21 Å². The number of amides is 1. The summed E-state index contributed by atoms with van der Waals surface area (Å²) in [6.07, 6.45) is 0. The van der Waals surface area contributed by atoms with Crippen LogP contribution in [-0.4, -0.2) is 63.9 Å². The smallest absolute Gasteiger partial charge is 0.254 e. The van der Waals surface area contributed by atoms with Gasteiger partial charge in [-0.05, 0) is 30.3 Å². The van der Waals surface area contributed by atoms with Crippen LogP contribution in [0.4, 0.5) is 0 Å². The number of carbonyl (C=O) groups excluding carboxylic acids is 1. The van der Waals surface area contributed by atoms with E-state index >= 15 is 0 Å². The Labute approximate surface area is 179 Å². The van der Waals surface area contributed by atoms with Gasteiger partial charge in [-0.1, -0.05) is 23.2 Å². The van der Waals surface area contributed by atoms with Crippen molar-refractivity contribution in [2.45, 2.75) is 4.90 Å². The number of halogens is 2. The van der Waals surface area contributed by atoms with E-state index in [2.05, 4.69) is 0 Å². The van der Waals surface area contributed by atoms with E-state index in [1.165, 1.54) is 24.6 Å².